The van der Waals surface area contributed by atoms with Gasteiger partial charge in [-0.15, -0.1) is 0 Å². The monoisotopic (exact) mass is 425 g/mol. The summed E-state index contributed by atoms with van der Waals surface area (Å²) in [6.07, 6.45) is 1.74. The highest BCUT2D eigenvalue weighted by Crippen LogP contribution is 2.35. The molecule has 30 heavy (non-hydrogen) atoms. The zero-order valence-electron chi connectivity index (χ0n) is 17.0. The maximum absolute atomic E-state index is 11.9. The fourth-order valence-corrected chi connectivity index (χ4v) is 4.30. The molecule has 1 amide bonds. The fraction of sp³-hybridized carbons (Fsp3) is 0.304. The molecule has 1 aliphatic heterocycles. The van der Waals surface area contributed by atoms with Crippen LogP contribution in [-0.4, -0.2) is 42.6 Å². The molecule has 0 aliphatic carbocycles. The van der Waals surface area contributed by atoms with E-state index in [1.807, 2.05) is 36.4 Å². The number of benzene rings is 2. The van der Waals surface area contributed by atoms with Crippen molar-refractivity contribution >= 4 is 28.4 Å². The van der Waals surface area contributed by atoms with Crippen molar-refractivity contribution in [1.82, 2.24) is 9.88 Å². The van der Waals surface area contributed by atoms with Gasteiger partial charge in [0, 0.05) is 28.6 Å². The molecule has 1 aromatic heterocycles. The molecule has 0 spiro atoms. The summed E-state index contributed by atoms with van der Waals surface area (Å²) in [6.45, 7) is 1.40. The average Bonchev–Trinajstić information content (AvgIpc) is 3.20. The number of likely N-dealkylation sites (tertiary alicyclic amines) is 1. The van der Waals surface area contributed by atoms with Crippen molar-refractivity contribution in [3.05, 3.63) is 53.1 Å². The van der Waals surface area contributed by atoms with E-state index in [-0.39, 0.29) is 11.9 Å². The predicted molar refractivity (Wildman–Crippen MR) is 118 cm³/mol. The van der Waals surface area contributed by atoms with E-state index >= 15 is 0 Å². The standard InChI is InChI=1S/C23H24ClN3O3/c1-29-20-11-15-9-16(13-27-8-4-7-19(27)23(25)28)22(14-5-3-6-17(24)10-14)26-18(15)12-21(20)30-2/h3,5-6,9-12,19H,4,7-8,13H2,1-2H3,(H2,25,28)/t19-/m0/s1. The van der Waals surface area contributed by atoms with Crippen LogP contribution in [0.4, 0.5) is 0 Å². The summed E-state index contributed by atoms with van der Waals surface area (Å²) in [7, 11) is 3.22. The molecule has 4 rings (SSSR count). The van der Waals surface area contributed by atoms with Crippen LogP contribution in [0.15, 0.2) is 42.5 Å². The number of methoxy groups -OCH3 is 2. The molecule has 3 aromatic rings. The molecule has 156 valence electrons. The van der Waals surface area contributed by atoms with Gasteiger partial charge in [-0.25, -0.2) is 4.98 Å². The first-order valence-electron chi connectivity index (χ1n) is 9.85. The number of primary amides is 1. The molecule has 2 heterocycles. The number of nitrogens with zero attached hydrogens (tertiary/aromatic N) is 2. The zero-order valence-corrected chi connectivity index (χ0v) is 17.8. The van der Waals surface area contributed by atoms with Crippen LogP contribution in [0.3, 0.4) is 0 Å². The van der Waals surface area contributed by atoms with Crippen LogP contribution in [0, 0.1) is 0 Å². The third-order valence-electron chi connectivity index (χ3n) is 5.56. The van der Waals surface area contributed by atoms with Crippen molar-refractivity contribution in [3.63, 3.8) is 0 Å². The van der Waals surface area contributed by atoms with Crippen LogP contribution in [0.1, 0.15) is 18.4 Å². The van der Waals surface area contributed by atoms with Gasteiger partial charge in [-0.1, -0.05) is 23.7 Å². The van der Waals surface area contributed by atoms with Gasteiger partial charge in [0.15, 0.2) is 11.5 Å². The molecule has 2 N–H and O–H groups in total. The van der Waals surface area contributed by atoms with Crippen molar-refractivity contribution < 1.29 is 14.3 Å². The summed E-state index contributed by atoms with van der Waals surface area (Å²) in [6, 6.07) is 13.3. The second-order valence-electron chi connectivity index (χ2n) is 7.44. The van der Waals surface area contributed by atoms with Gasteiger partial charge in [0.2, 0.25) is 5.91 Å². The molecule has 1 atom stereocenters. The van der Waals surface area contributed by atoms with E-state index in [9.17, 15) is 4.79 Å². The van der Waals surface area contributed by atoms with E-state index in [4.69, 9.17) is 31.8 Å². The van der Waals surface area contributed by atoms with Gasteiger partial charge in [-0.3, -0.25) is 9.69 Å². The zero-order chi connectivity index (χ0) is 21.3. The maximum atomic E-state index is 11.9. The lowest BCUT2D eigenvalue weighted by Gasteiger charge is -2.23. The smallest absolute Gasteiger partial charge is 0.234 e. The number of hydrogen-bond acceptors (Lipinski definition) is 5. The number of aromatic nitrogens is 1. The summed E-state index contributed by atoms with van der Waals surface area (Å²) in [4.78, 5) is 19.0. The Morgan fingerprint density at radius 1 is 1.20 bits per heavy atom. The van der Waals surface area contributed by atoms with Gasteiger partial charge in [-0.05, 0) is 49.2 Å². The molecule has 0 saturated carbocycles. The molecule has 1 saturated heterocycles. The predicted octanol–water partition coefficient (Wildman–Crippen LogP) is 4.02. The van der Waals surface area contributed by atoms with Gasteiger partial charge in [0.05, 0.1) is 31.5 Å². The minimum atomic E-state index is -0.281. The largest absolute Gasteiger partial charge is 0.493 e. The Morgan fingerprint density at radius 2 is 1.97 bits per heavy atom. The fourth-order valence-electron chi connectivity index (χ4n) is 4.11. The van der Waals surface area contributed by atoms with E-state index in [2.05, 4.69) is 11.0 Å². The van der Waals surface area contributed by atoms with E-state index < -0.39 is 0 Å². The van der Waals surface area contributed by atoms with Gasteiger partial charge in [0.25, 0.3) is 0 Å². The lowest BCUT2D eigenvalue weighted by Crippen LogP contribution is -2.39. The maximum Gasteiger partial charge on any atom is 0.234 e. The second kappa shape index (κ2) is 8.50. The first-order chi connectivity index (χ1) is 14.5. The van der Waals surface area contributed by atoms with Crippen LogP contribution >= 0.6 is 11.6 Å². The number of halogens is 1. The summed E-state index contributed by atoms with van der Waals surface area (Å²) in [5.74, 6) is 0.983. The Kier molecular flexibility index (Phi) is 5.79. The van der Waals surface area contributed by atoms with Crippen LogP contribution in [0.5, 0.6) is 11.5 Å². The lowest BCUT2D eigenvalue weighted by molar-refractivity contribution is -0.122. The molecule has 0 radical (unpaired) electrons. The Hall–Kier alpha value is -2.83. The SMILES string of the molecule is COc1cc2cc(CN3CCC[C@H]3C(N)=O)c(-c3cccc(Cl)c3)nc2cc1OC. The second-order valence-corrected chi connectivity index (χ2v) is 7.87. The molecular formula is C23H24ClN3O3. The number of carbonyl (C=O) groups excluding carboxylic acids is 1. The number of amides is 1. The number of ether oxygens (including phenoxy) is 2. The highest BCUT2D eigenvalue weighted by atomic mass is 35.5. The van der Waals surface area contributed by atoms with Crippen molar-refractivity contribution in [2.45, 2.75) is 25.4 Å². The minimum Gasteiger partial charge on any atom is -0.493 e. The van der Waals surface area contributed by atoms with Crippen molar-refractivity contribution in [3.8, 4) is 22.8 Å². The van der Waals surface area contributed by atoms with Gasteiger partial charge in [0.1, 0.15) is 0 Å². The minimum absolute atomic E-state index is 0.252. The quantitative estimate of drug-likeness (QED) is 0.645. The summed E-state index contributed by atoms with van der Waals surface area (Å²) < 4.78 is 10.9. The van der Waals surface area contributed by atoms with E-state index in [1.165, 1.54) is 0 Å². The van der Waals surface area contributed by atoms with Crippen LogP contribution in [0.2, 0.25) is 5.02 Å². The lowest BCUT2D eigenvalue weighted by atomic mass is 10.0. The average molecular weight is 426 g/mol. The molecule has 1 aliphatic rings. The number of carbonyl (C=O) groups is 1. The topological polar surface area (TPSA) is 77.7 Å². The van der Waals surface area contributed by atoms with Crippen molar-refractivity contribution in [2.75, 3.05) is 20.8 Å². The molecule has 7 heteroatoms. The number of nitrogens with two attached hydrogens (primary N) is 1. The normalized spacial score (nSPS) is 16.7. The number of fused-ring (bicyclic) bond motifs is 1. The van der Waals surface area contributed by atoms with Gasteiger partial charge in [-0.2, -0.15) is 0 Å². The Labute approximate surface area is 180 Å². The summed E-state index contributed by atoms with van der Waals surface area (Å²) in [5, 5.41) is 1.58. The van der Waals surface area contributed by atoms with E-state index in [0.29, 0.717) is 23.1 Å². The summed E-state index contributed by atoms with van der Waals surface area (Å²) >= 11 is 6.25. The first-order valence-corrected chi connectivity index (χ1v) is 10.2. The van der Waals surface area contributed by atoms with Crippen molar-refractivity contribution in [1.29, 1.82) is 0 Å². The molecule has 2 aromatic carbocycles. The molecule has 0 unspecified atom stereocenters. The van der Waals surface area contributed by atoms with Crippen molar-refractivity contribution in [2.24, 2.45) is 5.73 Å². The highest BCUT2D eigenvalue weighted by molar-refractivity contribution is 6.30. The summed E-state index contributed by atoms with van der Waals surface area (Å²) in [5.41, 5.74) is 9.17. The van der Waals surface area contributed by atoms with Gasteiger partial charge >= 0.3 is 0 Å². The molecule has 6 nitrogen and oxygen atoms in total. The van der Waals surface area contributed by atoms with Crippen LogP contribution < -0.4 is 15.2 Å². The van der Waals surface area contributed by atoms with E-state index in [0.717, 1.165) is 47.1 Å². The Bertz CT molecular complexity index is 1100. The van der Waals surface area contributed by atoms with Crippen LogP contribution in [-0.2, 0) is 11.3 Å². The molecular weight excluding hydrogens is 402 g/mol. The molecule has 1 fully saturated rings. The third kappa shape index (κ3) is 3.93. The Morgan fingerprint density at radius 3 is 2.67 bits per heavy atom. The number of pyridine rings is 1. The van der Waals surface area contributed by atoms with Crippen LogP contribution in [0.25, 0.3) is 22.2 Å². The highest BCUT2D eigenvalue weighted by Gasteiger charge is 2.29. The first kappa shape index (κ1) is 20.4. The molecule has 0 bridgehead atoms. The Balaban J connectivity index is 1.86. The number of hydrogen-bond donors (Lipinski definition) is 1. The third-order valence-corrected chi connectivity index (χ3v) is 5.80. The van der Waals surface area contributed by atoms with Gasteiger partial charge < -0.3 is 15.2 Å². The number of rotatable bonds is 6. The van der Waals surface area contributed by atoms with E-state index in [1.54, 1.807) is 14.2 Å².